The number of unbranched alkanes of at least 4 members (excludes halogenated alkanes) is 2. The van der Waals surface area contributed by atoms with Gasteiger partial charge in [0.15, 0.2) is 0 Å². The van der Waals surface area contributed by atoms with Crippen LogP contribution in [0.5, 0.6) is 0 Å². The van der Waals surface area contributed by atoms with Crippen LogP contribution in [0.3, 0.4) is 0 Å². The second-order valence-corrected chi connectivity index (χ2v) is 5.19. The van der Waals surface area contributed by atoms with Crippen LogP contribution < -0.4 is 10.6 Å². The van der Waals surface area contributed by atoms with Gasteiger partial charge in [0.2, 0.25) is 0 Å². The molecule has 1 atom stereocenters. The van der Waals surface area contributed by atoms with E-state index in [1.165, 1.54) is 6.07 Å². The molecular weight excluding hydrogens is 239 g/mol. The molecule has 1 aromatic carbocycles. The van der Waals surface area contributed by atoms with E-state index in [-0.39, 0.29) is 11.9 Å². The summed E-state index contributed by atoms with van der Waals surface area (Å²) in [6.07, 6.45) is 4.63. The van der Waals surface area contributed by atoms with Crippen LogP contribution in [0, 0.1) is 5.82 Å². The first kappa shape index (κ1) is 16.0. The summed E-state index contributed by atoms with van der Waals surface area (Å²) in [7, 11) is 0. The molecule has 1 rings (SSSR count). The van der Waals surface area contributed by atoms with Gasteiger partial charge >= 0.3 is 0 Å². The third-order valence-electron chi connectivity index (χ3n) is 3.38. The van der Waals surface area contributed by atoms with Crippen molar-refractivity contribution in [1.82, 2.24) is 0 Å². The highest BCUT2D eigenvalue weighted by Crippen LogP contribution is 2.27. The number of halogens is 1. The molecule has 0 fully saturated rings. The fourth-order valence-electron chi connectivity index (χ4n) is 2.23. The normalized spacial score (nSPS) is 12.5. The Labute approximate surface area is 116 Å². The Morgan fingerprint density at radius 3 is 2.21 bits per heavy atom. The maximum atomic E-state index is 13.4. The Morgan fingerprint density at radius 2 is 1.74 bits per heavy atom. The monoisotopic (exact) mass is 266 g/mol. The average Bonchev–Trinajstić information content (AvgIpc) is 2.39. The van der Waals surface area contributed by atoms with E-state index >= 15 is 0 Å². The molecule has 0 bridgehead atoms. The molecular formula is C16H27FN2. The van der Waals surface area contributed by atoms with Gasteiger partial charge in [-0.2, -0.15) is 0 Å². The second kappa shape index (κ2) is 8.16. The highest BCUT2D eigenvalue weighted by Gasteiger charge is 2.14. The topological polar surface area (TPSA) is 29.3 Å². The Morgan fingerprint density at radius 1 is 1.16 bits per heavy atom. The molecule has 0 aliphatic rings. The van der Waals surface area contributed by atoms with Crippen molar-refractivity contribution in [1.29, 1.82) is 0 Å². The number of hydrogen-bond acceptors (Lipinski definition) is 2. The summed E-state index contributed by atoms with van der Waals surface area (Å²) in [5.74, 6) is -0.206. The molecule has 0 spiro atoms. The van der Waals surface area contributed by atoms with E-state index in [4.69, 9.17) is 5.73 Å². The van der Waals surface area contributed by atoms with Crippen molar-refractivity contribution in [3.8, 4) is 0 Å². The molecule has 0 amide bonds. The average molecular weight is 266 g/mol. The standard InChI is InChI=1S/C16H27FN2/c1-4-6-10-19(11-7-5-2)16-9-8-14(17)12-15(16)13(3)18/h8-9,12-13H,4-7,10-11,18H2,1-3H3/t13-/m0/s1. The lowest BCUT2D eigenvalue weighted by Gasteiger charge is -2.28. The molecule has 0 heterocycles. The Hall–Kier alpha value is -1.09. The number of rotatable bonds is 8. The van der Waals surface area contributed by atoms with Crippen molar-refractivity contribution >= 4 is 5.69 Å². The molecule has 0 saturated carbocycles. The van der Waals surface area contributed by atoms with Gasteiger partial charge in [-0.15, -0.1) is 0 Å². The van der Waals surface area contributed by atoms with Crippen LogP contribution in [-0.4, -0.2) is 13.1 Å². The maximum absolute atomic E-state index is 13.4. The van der Waals surface area contributed by atoms with E-state index in [1.54, 1.807) is 6.07 Å². The van der Waals surface area contributed by atoms with Gasteiger partial charge in [0.05, 0.1) is 0 Å². The lowest BCUT2D eigenvalue weighted by Crippen LogP contribution is -2.27. The van der Waals surface area contributed by atoms with E-state index in [9.17, 15) is 4.39 Å². The van der Waals surface area contributed by atoms with Gasteiger partial charge < -0.3 is 10.6 Å². The van der Waals surface area contributed by atoms with E-state index in [0.29, 0.717) is 0 Å². The van der Waals surface area contributed by atoms with Crippen molar-refractivity contribution in [2.45, 2.75) is 52.5 Å². The highest BCUT2D eigenvalue weighted by atomic mass is 19.1. The first-order valence-corrected chi connectivity index (χ1v) is 7.40. The Bertz CT molecular complexity index is 369. The molecule has 0 aliphatic heterocycles. The molecule has 0 aromatic heterocycles. The van der Waals surface area contributed by atoms with Gasteiger partial charge in [-0.3, -0.25) is 0 Å². The van der Waals surface area contributed by atoms with Crippen LogP contribution in [0.15, 0.2) is 18.2 Å². The third-order valence-corrected chi connectivity index (χ3v) is 3.38. The molecule has 1 aromatic rings. The summed E-state index contributed by atoms with van der Waals surface area (Å²) in [5, 5.41) is 0. The van der Waals surface area contributed by atoms with Crippen molar-refractivity contribution in [2.24, 2.45) is 5.73 Å². The van der Waals surface area contributed by atoms with Crippen LogP contribution in [-0.2, 0) is 0 Å². The van der Waals surface area contributed by atoms with E-state index in [0.717, 1.165) is 50.0 Å². The largest absolute Gasteiger partial charge is 0.371 e. The van der Waals surface area contributed by atoms with Gasteiger partial charge in [-0.1, -0.05) is 26.7 Å². The molecule has 0 saturated heterocycles. The minimum absolute atomic E-state index is 0.142. The molecule has 108 valence electrons. The minimum atomic E-state index is -0.206. The molecule has 2 nitrogen and oxygen atoms in total. The summed E-state index contributed by atoms with van der Waals surface area (Å²) < 4.78 is 13.4. The van der Waals surface area contributed by atoms with Crippen LogP contribution in [0.25, 0.3) is 0 Å². The van der Waals surface area contributed by atoms with Crippen molar-refractivity contribution in [3.05, 3.63) is 29.6 Å². The number of anilines is 1. The zero-order valence-corrected chi connectivity index (χ0v) is 12.5. The second-order valence-electron chi connectivity index (χ2n) is 5.19. The van der Waals surface area contributed by atoms with Crippen LogP contribution in [0.1, 0.15) is 58.1 Å². The predicted octanol–water partition coefficient (Wildman–Crippen LogP) is 4.25. The van der Waals surface area contributed by atoms with Crippen LogP contribution in [0.4, 0.5) is 10.1 Å². The number of nitrogens with zero attached hydrogens (tertiary/aromatic N) is 1. The van der Waals surface area contributed by atoms with E-state index in [2.05, 4.69) is 18.7 Å². The fraction of sp³-hybridized carbons (Fsp3) is 0.625. The molecule has 2 N–H and O–H groups in total. The summed E-state index contributed by atoms with van der Waals surface area (Å²) in [6.45, 7) is 8.32. The predicted molar refractivity (Wildman–Crippen MR) is 81.0 cm³/mol. The lowest BCUT2D eigenvalue weighted by atomic mass is 10.0. The van der Waals surface area contributed by atoms with Gasteiger partial charge in [0.25, 0.3) is 0 Å². The summed E-state index contributed by atoms with van der Waals surface area (Å²) >= 11 is 0. The fourth-order valence-corrected chi connectivity index (χ4v) is 2.23. The number of benzene rings is 1. The first-order valence-electron chi connectivity index (χ1n) is 7.40. The van der Waals surface area contributed by atoms with Crippen molar-refractivity contribution in [2.75, 3.05) is 18.0 Å². The van der Waals surface area contributed by atoms with Crippen molar-refractivity contribution in [3.63, 3.8) is 0 Å². The van der Waals surface area contributed by atoms with Gasteiger partial charge in [-0.25, -0.2) is 4.39 Å². The number of nitrogens with two attached hydrogens (primary N) is 1. The highest BCUT2D eigenvalue weighted by molar-refractivity contribution is 5.55. The number of hydrogen-bond donors (Lipinski definition) is 1. The molecule has 0 aliphatic carbocycles. The Kier molecular flexibility index (Phi) is 6.85. The molecule has 3 heteroatoms. The smallest absolute Gasteiger partial charge is 0.123 e. The van der Waals surface area contributed by atoms with E-state index in [1.807, 2.05) is 13.0 Å². The summed E-state index contributed by atoms with van der Waals surface area (Å²) in [6, 6.07) is 4.84. The zero-order chi connectivity index (χ0) is 14.3. The zero-order valence-electron chi connectivity index (χ0n) is 12.5. The van der Waals surface area contributed by atoms with Crippen LogP contribution in [0.2, 0.25) is 0 Å². The lowest BCUT2D eigenvalue weighted by molar-refractivity contribution is 0.619. The minimum Gasteiger partial charge on any atom is -0.371 e. The SMILES string of the molecule is CCCCN(CCCC)c1ccc(F)cc1[C@H](C)N. The summed E-state index contributed by atoms with van der Waals surface area (Å²) in [4.78, 5) is 2.35. The molecule has 0 radical (unpaired) electrons. The van der Waals surface area contributed by atoms with Crippen LogP contribution >= 0.6 is 0 Å². The maximum Gasteiger partial charge on any atom is 0.123 e. The Balaban J connectivity index is 2.98. The van der Waals surface area contributed by atoms with Crippen molar-refractivity contribution < 1.29 is 4.39 Å². The van der Waals surface area contributed by atoms with E-state index < -0.39 is 0 Å². The molecule has 0 unspecified atom stereocenters. The molecule has 19 heavy (non-hydrogen) atoms. The van der Waals surface area contributed by atoms with Gasteiger partial charge in [0, 0.05) is 24.8 Å². The third kappa shape index (κ3) is 4.83. The van der Waals surface area contributed by atoms with Gasteiger partial charge in [-0.05, 0) is 43.5 Å². The summed E-state index contributed by atoms with van der Waals surface area (Å²) in [5.41, 5.74) is 7.99. The quantitative estimate of drug-likeness (QED) is 0.762. The first-order chi connectivity index (χ1) is 9.10. The van der Waals surface area contributed by atoms with Gasteiger partial charge in [0.1, 0.15) is 5.82 Å².